The molecule has 7 nitrogen and oxygen atoms in total. The predicted octanol–water partition coefficient (Wildman–Crippen LogP) is -0.883. The maximum Gasteiger partial charge on any atom is 0.317 e. The number of carboxylic acids is 1. The van der Waals surface area contributed by atoms with E-state index in [2.05, 4.69) is 0 Å². The minimum Gasteiger partial charge on any atom is -0.480 e. The van der Waals surface area contributed by atoms with E-state index in [1.807, 2.05) is 0 Å². The number of carboxylic acid groups (broad SMARTS) is 1. The number of hydrogen-bond acceptors (Lipinski definition) is 4. The minimum absolute atomic E-state index is 0.0638. The van der Waals surface area contributed by atoms with Crippen LogP contribution in [0.4, 0.5) is 0 Å². The Morgan fingerprint density at radius 2 is 2.05 bits per heavy atom. The molecule has 1 rings (SSSR count). The normalized spacial score (nSPS) is 19.5. The molecule has 0 aromatic rings. The molecule has 19 heavy (non-hydrogen) atoms. The highest BCUT2D eigenvalue weighted by atomic mass is 16.4. The fourth-order valence-corrected chi connectivity index (χ4v) is 2.20. The van der Waals surface area contributed by atoms with Gasteiger partial charge >= 0.3 is 5.97 Å². The van der Waals surface area contributed by atoms with E-state index in [0.29, 0.717) is 26.1 Å². The Morgan fingerprint density at radius 3 is 2.58 bits per heavy atom. The highest BCUT2D eigenvalue weighted by Crippen LogP contribution is 2.16. The van der Waals surface area contributed by atoms with E-state index < -0.39 is 5.97 Å². The second-order valence-electron chi connectivity index (χ2n) is 4.78. The number of nitrogens with zero attached hydrogens (tertiary/aromatic N) is 2. The molecule has 1 heterocycles. The Kier molecular flexibility index (Phi) is 5.75. The quantitative estimate of drug-likeness (QED) is 0.652. The van der Waals surface area contributed by atoms with Crippen LogP contribution >= 0.6 is 0 Å². The first-order valence-corrected chi connectivity index (χ1v) is 6.45. The number of carbonyl (C=O) groups is 3. The molecule has 1 atom stereocenters. The van der Waals surface area contributed by atoms with Crippen LogP contribution in [-0.4, -0.2) is 65.4 Å². The smallest absolute Gasteiger partial charge is 0.317 e. The third-order valence-corrected chi connectivity index (χ3v) is 3.34. The summed E-state index contributed by atoms with van der Waals surface area (Å²) >= 11 is 0. The Hall–Kier alpha value is -1.63. The van der Waals surface area contributed by atoms with Crippen LogP contribution in [0.3, 0.4) is 0 Å². The molecule has 0 aromatic carbocycles. The van der Waals surface area contributed by atoms with Gasteiger partial charge in [-0.25, -0.2) is 0 Å². The molecule has 108 valence electrons. The van der Waals surface area contributed by atoms with Gasteiger partial charge in [0.25, 0.3) is 0 Å². The summed E-state index contributed by atoms with van der Waals surface area (Å²) in [6.07, 6.45) is 1.47. The highest BCUT2D eigenvalue weighted by Gasteiger charge is 2.27. The molecule has 0 spiro atoms. The van der Waals surface area contributed by atoms with Crippen molar-refractivity contribution in [2.24, 2.45) is 11.7 Å². The number of carbonyl (C=O) groups excluding carboxylic acids is 2. The van der Waals surface area contributed by atoms with Gasteiger partial charge in [0.15, 0.2) is 0 Å². The summed E-state index contributed by atoms with van der Waals surface area (Å²) in [5.41, 5.74) is 5.26. The second kappa shape index (κ2) is 7.08. The van der Waals surface area contributed by atoms with Gasteiger partial charge in [-0.15, -0.1) is 0 Å². The van der Waals surface area contributed by atoms with Crippen molar-refractivity contribution < 1.29 is 19.5 Å². The van der Waals surface area contributed by atoms with Gasteiger partial charge in [-0.2, -0.15) is 0 Å². The number of piperidine rings is 1. The van der Waals surface area contributed by atoms with Crippen molar-refractivity contribution in [3.05, 3.63) is 0 Å². The molecule has 1 aliphatic rings. The van der Waals surface area contributed by atoms with Crippen molar-refractivity contribution in [2.75, 3.05) is 32.7 Å². The fraction of sp³-hybridized carbons (Fsp3) is 0.750. The van der Waals surface area contributed by atoms with E-state index in [1.54, 1.807) is 16.7 Å². The van der Waals surface area contributed by atoms with Crippen molar-refractivity contribution in [3.63, 3.8) is 0 Å². The molecule has 0 saturated carbocycles. The van der Waals surface area contributed by atoms with E-state index in [-0.39, 0.29) is 30.8 Å². The molecule has 1 saturated heterocycles. The molecule has 0 bridgehead atoms. The second-order valence-corrected chi connectivity index (χ2v) is 4.78. The predicted molar refractivity (Wildman–Crippen MR) is 68.2 cm³/mol. The average Bonchev–Trinajstić information content (AvgIpc) is 2.37. The zero-order valence-corrected chi connectivity index (χ0v) is 11.2. The first-order chi connectivity index (χ1) is 8.93. The topological polar surface area (TPSA) is 104 Å². The van der Waals surface area contributed by atoms with Crippen LogP contribution in [0, 0.1) is 5.92 Å². The maximum atomic E-state index is 12.1. The van der Waals surface area contributed by atoms with Crippen LogP contribution in [0.2, 0.25) is 0 Å². The lowest BCUT2D eigenvalue weighted by atomic mass is 9.97. The van der Waals surface area contributed by atoms with E-state index in [4.69, 9.17) is 10.8 Å². The Bertz CT molecular complexity index is 359. The lowest BCUT2D eigenvalue weighted by Crippen LogP contribution is -2.48. The molecule has 7 heteroatoms. The number of likely N-dealkylation sites (N-methyl/N-ethyl adjacent to an activating group) is 1. The standard InChI is InChI=1S/C12H21N3O4/c1-2-14(8-11(17)18)7-10(16)15-5-3-4-9(6-15)12(13)19/h9H,2-8H2,1H3,(H2,13,19)(H,17,18). The SMILES string of the molecule is CCN(CC(=O)O)CC(=O)N1CCCC(C(N)=O)C1. The molecule has 0 aromatic heterocycles. The Morgan fingerprint density at radius 1 is 1.37 bits per heavy atom. The van der Waals surface area contributed by atoms with Crippen molar-refractivity contribution in [3.8, 4) is 0 Å². The molecule has 0 aliphatic carbocycles. The third kappa shape index (κ3) is 4.86. The summed E-state index contributed by atoms with van der Waals surface area (Å²) in [6, 6.07) is 0. The van der Waals surface area contributed by atoms with Crippen molar-refractivity contribution in [2.45, 2.75) is 19.8 Å². The number of aliphatic carboxylic acids is 1. The van der Waals surface area contributed by atoms with E-state index in [1.165, 1.54) is 0 Å². The number of primary amides is 1. The maximum absolute atomic E-state index is 12.1. The number of likely N-dealkylation sites (tertiary alicyclic amines) is 1. The average molecular weight is 271 g/mol. The van der Waals surface area contributed by atoms with Gasteiger partial charge in [-0.1, -0.05) is 6.92 Å². The van der Waals surface area contributed by atoms with Crippen LogP contribution in [-0.2, 0) is 14.4 Å². The van der Waals surface area contributed by atoms with Crippen LogP contribution in [0.25, 0.3) is 0 Å². The zero-order chi connectivity index (χ0) is 14.4. The molecule has 1 aliphatic heterocycles. The van der Waals surface area contributed by atoms with Gasteiger partial charge in [0.05, 0.1) is 19.0 Å². The van der Waals surface area contributed by atoms with Crippen molar-refractivity contribution >= 4 is 17.8 Å². The van der Waals surface area contributed by atoms with Gasteiger partial charge in [0, 0.05) is 13.1 Å². The minimum atomic E-state index is -0.955. The molecule has 3 N–H and O–H groups in total. The monoisotopic (exact) mass is 271 g/mol. The summed E-state index contributed by atoms with van der Waals surface area (Å²) in [5.74, 6) is -1.76. The number of amides is 2. The zero-order valence-electron chi connectivity index (χ0n) is 11.2. The van der Waals surface area contributed by atoms with Crippen LogP contribution in [0.1, 0.15) is 19.8 Å². The third-order valence-electron chi connectivity index (χ3n) is 3.34. The number of hydrogen-bond donors (Lipinski definition) is 2. The van der Waals surface area contributed by atoms with Crippen LogP contribution in [0.15, 0.2) is 0 Å². The first-order valence-electron chi connectivity index (χ1n) is 6.45. The van der Waals surface area contributed by atoms with E-state index >= 15 is 0 Å². The summed E-state index contributed by atoms with van der Waals surface area (Å²) in [7, 11) is 0. The first kappa shape index (κ1) is 15.4. The molecular weight excluding hydrogens is 250 g/mol. The molecule has 1 unspecified atom stereocenters. The summed E-state index contributed by atoms with van der Waals surface area (Å²) < 4.78 is 0. The van der Waals surface area contributed by atoms with E-state index in [9.17, 15) is 14.4 Å². The highest BCUT2D eigenvalue weighted by molar-refractivity contribution is 5.81. The van der Waals surface area contributed by atoms with Crippen LogP contribution < -0.4 is 5.73 Å². The molecule has 0 radical (unpaired) electrons. The fourth-order valence-electron chi connectivity index (χ4n) is 2.20. The summed E-state index contributed by atoms with van der Waals surface area (Å²) in [6.45, 7) is 3.15. The van der Waals surface area contributed by atoms with Crippen molar-refractivity contribution in [1.82, 2.24) is 9.80 Å². The van der Waals surface area contributed by atoms with Gasteiger partial charge in [0.1, 0.15) is 0 Å². The largest absolute Gasteiger partial charge is 0.480 e. The van der Waals surface area contributed by atoms with Gasteiger partial charge in [0.2, 0.25) is 11.8 Å². The summed E-state index contributed by atoms with van der Waals surface area (Å²) in [5, 5.41) is 8.73. The van der Waals surface area contributed by atoms with Crippen molar-refractivity contribution in [1.29, 1.82) is 0 Å². The molecule has 1 fully saturated rings. The number of rotatable bonds is 6. The summed E-state index contributed by atoms with van der Waals surface area (Å²) in [4.78, 5) is 37.0. The molecule has 2 amide bonds. The van der Waals surface area contributed by atoms with Gasteiger partial charge < -0.3 is 15.7 Å². The lowest BCUT2D eigenvalue weighted by molar-refractivity contribution is -0.140. The Balaban J connectivity index is 2.52. The molecular formula is C12H21N3O4. The van der Waals surface area contributed by atoms with Gasteiger partial charge in [-0.3, -0.25) is 19.3 Å². The van der Waals surface area contributed by atoms with Crippen LogP contribution in [0.5, 0.6) is 0 Å². The van der Waals surface area contributed by atoms with E-state index in [0.717, 1.165) is 6.42 Å². The Labute approximate surface area is 112 Å². The number of nitrogens with two attached hydrogens (primary N) is 1. The van der Waals surface area contributed by atoms with Gasteiger partial charge in [-0.05, 0) is 19.4 Å². The lowest BCUT2D eigenvalue weighted by Gasteiger charge is -2.32.